The van der Waals surface area contributed by atoms with E-state index in [1.807, 2.05) is 0 Å². The van der Waals surface area contributed by atoms with E-state index in [0.717, 1.165) is 25.9 Å². The van der Waals surface area contributed by atoms with Gasteiger partial charge in [0, 0.05) is 12.5 Å². The van der Waals surface area contributed by atoms with Crippen molar-refractivity contribution >= 4 is 0 Å². The van der Waals surface area contributed by atoms with Gasteiger partial charge < -0.3 is 14.6 Å². The van der Waals surface area contributed by atoms with Gasteiger partial charge in [-0.2, -0.15) is 0 Å². The fourth-order valence-electron chi connectivity index (χ4n) is 2.51. The summed E-state index contributed by atoms with van der Waals surface area (Å²) in [7, 11) is 0. The summed E-state index contributed by atoms with van der Waals surface area (Å²) in [5.74, 6) is 0.870. The highest BCUT2D eigenvalue weighted by Crippen LogP contribution is 2.22. The average Bonchev–Trinajstić information content (AvgIpc) is 2.30. The van der Waals surface area contributed by atoms with Gasteiger partial charge in [-0.15, -0.1) is 0 Å². The van der Waals surface area contributed by atoms with Crippen molar-refractivity contribution in [2.45, 2.75) is 65.3 Å². The summed E-state index contributed by atoms with van der Waals surface area (Å²) in [6, 6.07) is 0. The molecule has 0 amide bonds. The van der Waals surface area contributed by atoms with Gasteiger partial charge in [0.15, 0.2) is 6.29 Å². The van der Waals surface area contributed by atoms with Crippen LogP contribution >= 0.6 is 0 Å². The average molecular weight is 244 g/mol. The van der Waals surface area contributed by atoms with Crippen molar-refractivity contribution in [3.63, 3.8) is 0 Å². The van der Waals surface area contributed by atoms with Crippen molar-refractivity contribution in [2.24, 2.45) is 11.8 Å². The number of rotatable bonds is 7. The van der Waals surface area contributed by atoms with E-state index in [9.17, 15) is 5.11 Å². The summed E-state index contributed by atoms with van der Waals surface area (Å²) >= 11 is 0. The van der Waals surface area contributed by atoms with Crippen LogP contribution in [0.25, 0.3) is 0 Å². The molecule has 0 aromatic rings. The second-order valence-corrected chi connectivity index (χ2v) is 5.47. The molecule has 1 saturated heterocycles. The highest BCUT2D eigenvalue weighted by atomic mass is 16.6. The predicted molar refractivity (Wildman–Crippen MR) is 68.8 cm³/mol. The first-order valence-corrected chi connectivity index (χ1v) is 7.04. The minimum Gasteiger partial charge on any atom is -0.379 e. The molecule has 17 heavy (non-hydrogen) atoms. The van der Waals surface area contributed by atoms with Gasteiger partial charge in [-0.05, 0) is 25.2 Å². The Balaban J connectivity index is 2.22. The summed E-state index contributed by atoms with van der Waals surface area (Å²) in [6.07, 6.45) is 4.96. The fourth-order valence-corrected chi connectivity index (χ4v) is 2.51. The molecule has 0 spiro atoms. The van der Waals surface area contributed by atoms with E-state index in [1.54, 1.807) is 0 Å². The third-order valence-corrected chi connectivity index (χ3v) is 3.49. The zero-order valence-corrected chi connectivity index (χ0v) is 11.5. The highest BCUT2D eigenvalue weighted by molar-refractivity contribution is 4.67. The van der Waals surface area contributed by atoms with Crippen molar-refractivity contribution < 1.29 is 14.6 Å². The third kappa shape index (κ3) is 5.84. The lowest BCUT2D eigenvalue weighted by Gasteiger charge is -2.28. The Hall–Kier alpha value is -0.120. The van der Waals surface area contributed by atoms with Crippen molar-refractivity contribution in [3.8, 4) is 0 Å². The number of aliphatic hydroxyl groups excluding tert-OH is 1. The SMILES string of the molecule is CCC[C@@H](C)C[C@@H](C)C(O)OC1CCCOC1. The van der Waals surface area contributed by atoms with Crippen molar-refractivity contribution in [1.29, 1.82) is 0 Å². The van der Waals surface area contributed by atoms with E-state index in [0.29, 0.717) is 12.5 Å². The zero-order valence-electron chi connectivity index (χ0n) is 11.5. The lowest BCUT2D eigenvalue weighted by molar-refractivity contribution is -0.188. The van der Waals surface area contributed by atoms with Gasteiger partial charge >= 0.3 is 0 Å². The molecular formula is C14H28O3. The smallest absolute Gasteiger partial charge is 0.157 e. The van der Waals surface area contributed by atoms with E-state index in [-0.39, 0.29) is 12.0 Å². The van der Waals surface area contributed by atoms with Crippen LogP contribution in [-0.2, 0) is 9.47 Å². The summed E-state index contributed by atoms with van der Waals surface area (Å²) in [6.45, 7) is 7.98. The number of hydrogen-bond acceptors (Lipinski definition) is 3. The van der Waals surface area contributed by atoms with Gasteiger partial charge in [0.25, 0.3) is 0 Å². The summed E-state index contributed by atoms with van der Waals surface area (Å²) in [5, 5.41) is 10.0. The Morgan fingerprint density at radius 3 is 2.76 bits per heavy atom. The molecule has 0 aromatic heterocycles. The second-order valence-electron chi connectivity index (χ2n) is 5.47. The Morgan fingerprint density at radius 1 is 1.41 bits per heavy atom. The van der Waals surface area contributed by atoms with Crippen molar-refractivity contribution in [1.82, 2.24) is 0 Å². The number of ether oxygens (including phenoxy) is 2. The predicted octanol–water partition coefficient (Wildman–Crippen LogP) is 2.96. The first kappa shape index (κ1) is 14.9. The van der Waals surface area contributed by atoms with Gasteiger partial charge in [0.2, 0.25) is 0 Å². The number of aliphatic hydroxyl groups is 1. The molecule has 0 aliphatic carbocycles. The van der Waals surface area contributed by atoms with Gasteiger partial charge in [-0.1, -0.05) is 33.6 Å². The van der Waals surface area contributed by atoms with Crippen LogP contribution in [0, 0.1) is 11.8 Å². The maximum Gasteiger partial charge on any atom is 0.157 e. The molecule has 1 rings (SSSR count). The summed E-state index contributed by atoms with van der Waals surface area (Å²) in [5.41, 5.74) is 0. The minimum atomic E-state index is -0.638. The Labute approximate surface area is 105 Å². The van der Waals surface area contributed by atoms with E-state index in [2.05, 4.69) is 20.8 Å². The van der Waals surface area contributed by atoms with Crippen LogP contribution < -0.4 is 0 Å². The monoisotopic (exact) mass is 244 g/mol. The first-order valence-electron chi connectivity index (χ1n) is 7.04. The molecule has 1 fully saturated rings. The largest absolute Gasteiger partial charge is 0.379 e. The normalized spacial score (nSPS) is 26.5. The maximum absolute atomic E-state index is 10.0. The van der Waals surface area contributed by atoms with Crippen LogP contribution in [0.3, 0.4) is 0 Å². The Kier molecular flexibility index (Phi) is 7.09. The molecule has 1 aliphatic heterocycles. The third-order valence-electron chi connectivity index (χ3n) is 3.49. The van der Waals surface area contributed by atoms with E-state index >= 15 is 0 Å². The molecule has 2 unspecified atom stereocenters. The van der Waals surface area contributed by atoms with Gasteiger partial charge in [0.1, 0.15) is 0 Å². The summed E-state index contributed by atoms with van der Waals surface area (Å²) in [4.78, 5) is 0. The van der Waals surface area contributed by atoms with Crippen LogP contribution in [0.2, 0.25) is 0 Å². The van der Waals surface area contributed by atoms with E-state index in [1.165, 1.54) is 12.8 Å². The van der Waals surface area contributed by atoms with Crippen molar-refractivity contribution in [2.75, 3.05) is 13.2 Å². The minimum absolute atomic E-state index is 0.0858. The molecule has 3 nitrogen and oxygen atoms in total. The molecule has 4 atom stereocenters. The lowest BCUT2D eigenvalue weighted by atomic mass is 9.93. The van der Waals surface area contributed by atoms with Crippen LogP contribution in [0.4, 0.5) is 0 Å². The molecule has 102 valence electrons. The van der Waals surface area contributed by atoms with Crippen LogP contribution in [0.1, 0.15) is 52.9 Å². The lowest BCUT2D eigenvalue weighted by Crippen LogP contribution is -2.33. The van der Waals surface area contributed by atoms with Gasteiger partial charge in [0.05, 0.1) is 12.7 Å². The molecular weight excluding hydrogens is 216 g/mol. The first-order chi connectivity index (χ1) is 8.13. The fraction of sp³-hybridized carbons (Fsp3) is 1.00. The topological polar surface area (TPSA) is 38.7 Å². The van der Waals surface area contributed by atoms with Crippen LogP contribution in [0.5, 0.6) is 0 Å². The molecule has 1 aliphatic rings. The molecule has 0 aromatic carbocycles. The molecule has 1 N–H and O–H groups in total. The Bertz CT molecular complexity index is 190. The standard InChI is InChI=1S/C14H28O3/c1-4-6-11(2)9-12(3)14(15)17-13-7-5-8-16-10-13/h11-15H,4-10H2,1-3H3/t11-,12-,13?,14?/m1/s1. The van der Waals surface area contributed by atoms with E-state index in [4.69, 9.17) is 9.47 Å². The molecule has 3 heteroatoms. The van der Waals surface area contributed by atoms with Crippen LogP contribution in [-0.4, -0.2) is 30.7 Å². The van der Waals surface area contributed by atoms with Crippen molar-refractivity contribution in [3.05, 3.63) is 0 Å². The van der Waals surface area contributed by atoms with Gasteiger partial charge in [-0.25, -0.2) is 0 Å². The molecule has 0 radical (unpaired) electrons. The second kappa shape index (κ2) is 8.06. The highest BCUT2D eigenvalue weighted by Gasteiger charge is 2.23. The molecule has 1 heterocycles. The molecule has 0 saturated carbocycles. The number of hydrogen-bond donors (Lipinski definition) is 1. The Morgan fingerprint density at radius 2 is 2.18 bits per heavy atom. The van der Waals surface area contributed by atoms with Gasteiger partial charge in [-0.3, -0.25) is 0 Å². The maximum atomic E-state index is 10.0. The molecule has 0 bridgehead atoms. The quantitative estimate of drug-likeness (QED) is 0.700. The van der Waals surface area contributed by atoms with E-state index < -0.39 is 6.29 Å². The summed E-state index contributed by atoms with van der Waals surface area (Å²) < 4.78 is 11.0. The van der Waals surface area contributed by atoms with Crippen LogP contribution in [0.15, 0.2) is 0 Å². The zero-order chi connectivity index (χ0) is 12.7.